The zero-order chi connectivity index (χ0) is 17.9. The summed E-state index contributed by atoms with van der Waals surface area (Å²) < 4.78 is 0. The van der Waals surface area contributed by atoms with Crippen molar-refractivity contribution in [2.75, 3.05) is 19.6 Å². The molecule has 2 rings (SSSR count). The van der Waals surface area contributed by atoms with Crippen molar-refractivity contribution in [3.8, 4) is 0 Å². The average Bonchev–Trinajstić information content (AvgIpc) is 2.66. The quantitative estimate of drug-likeness (QED) is 0.555. The van der Waals surface area contributed by atoms with Crippen LogP contribution in [0.1, 0.15) is 44.7 Å². The molecule has 136 valence electrons. The molecule has 0 unspecified atom stereocenters. The van der Waals surface area contributed by atoms with E-state index in [1.807, 2.05) is 0 Å². The predicted octanol–water partition coefficient (Wildman–Crippen LogP) is 5.20. The molecule has 0 spiro atoms. The van der Waals surface area contributed by atoms with Crippen molar-refractivity contribution in [1.82, 2.24) is 9.80 Å². The van der Waals surface area contributed by atoms with Gasteiger partial charge < -0.3 is 4.90 Å². The van der Waals surface area contributed by atoms with Crippen LogP contribution in [0.5, 0.6) is 0 Å². The highest BCUT2D eigenvalue weighted by Crippen LogP contribution is 2.16. The van der Waals surface area contributed by atoms with Gasteiger partial charge in [0, 0.05) is 19.1 Å². The summed E-state index contributed by atoms with van der Waals surface area (Å²) in [5.74, 6) is 0. The normalized spacial score (nSPS) is 12.7. The van der Waals surface area contributed by atoms with Crippen LogP contribution in [0.4, 0.5) is 0 Å². The number of hydrogen-bond acceptors (Lipinski definition) is 2. The van der Waals surface area contributed by atoms with E-state index in [2.05, 4.69) is 91.2 Å². The van der Waals surface area contributed by atoms with Gasteiger partial charge >= 0.3 is 0 Å². The smallest absolute Gasteiger partial charge is 0.0240 e. The molecule has 0 aliphatic heterocycles. The molecule has 25 heavy (non-hydrogen) atoms. The van der Waals surface area contributed by atoms with Gasteiger partial charge in [-0.1, -0.05) is 74.5 Å². The van der Waals surface area contributed by atoms with Crippen molar-refractivity contribution in [2.24, 2.45) is 0 Å². The molecule has 0 bridgehead atoms. The molecule has 0 fully saturated rings. The highest BCUT2D eigenvalue weighted by Gasteiger charge is 2.15. The molecular formula is C23H34N2. The molecule has 0 saturated heterocycles. The second-order valence-corrected chi connectivity index (χ2v) is 6.89. The van der Waals surface area contributed by atoms with E-state index in [1.165, 1.54) is 30.5 Å². The highest BCUT2D eigenvalue weighted by atomic mass is 15.1. The Balaban J connectivity index is 1.97. The number of rotatable bonds is 11. The standard InChI is InChI=1S/C23H34N2/c1-4-24(5-2)18-12-13-21(3)25(19-22-14-8-6-9-15-22)20-23-16-10-7-11-17-23/h6-11,14-17,21H,4-5,12-13,18-20H2,1-3H3/t21-/m0/s1. The molecular weight excluding hydrogens is 304 g/mol. The molecule has 0 amide bonds. The van der Waals surface area contributed by atoms with Gasteiger partial charge in [-0.3, -0.25) is 4.90 Å². The second kappa shape index (κ2) is 11.1. The Hall–Kier alpha value is -1.64. The van der Waals surface area contributed by atoms with E-state index in [1.54, 1.807) is 0 Å². The summed E-state index contributed by atoms with van der Waals surface area (Å²) in [7, 11) is 0. The first-order valence-electron chi connectivity index (χ1n) is 9.77. The van der Waals surface area contributed by atoms with Crippen LogP contribution in [0.15, 0.2) is 60.7 Å². The summed E-state index contributed by atoms with van der Waals surface area (Å²) in [6, 6.07) is 22.3. The third-order valence-corrected chi connectivity index (χ3v) is 5.07. The van der Waals surface area contributed by atoms with Crippen molar-refractivity contribution >= 4 is 0 Å². The fourth-order valence-corrected chi connectivity index (χ4v) is 3.34. The molecule has 0 aliphatic rings. The first-order valence-corrected chi connectivity index (χ1v) is 9.77. The number of hydrogen-bond donors (Lipinski definition) is 0. The van der Waals surface area contributed by atoms with E-state index < -0.39 is 0 Å². The van der Waals surface area contributed by atoms with E-state index in [4.69, 9.17) is 0 Å². The molecule has 2 aromatic rings. The molecule has 1 atom stereocenters. The highest BCUT2D eigenvalue weighted by molar-refractivity contribution is 5.17. The van der Waals surface area contributed by atoms with Crippen LogP contribution < -0.4 is 0 Å². The second-order valence-electron chi connectivity index (χ2n) is 6.89. The predicted molar refractivity (Wildman–Crippen MR) is 109 cm³/mol. The van der Waals surface area contributed by atoms with Crippen LogP contribution in [-0.4, -0.2) is 35.5 Å². The summed E-state index contributed by atoms with van der Waals surface area (Å²) in [5.41, 5.74) is 2.79. The van der Waals surface area contributed by atoms with Crippen LogP contribution in [0.3, 0.4) is 0 Å². The van der Waals surface area contributed by atoms with Crippen LogP contribution >= 0.6 is 0 Å². The molecule has 2 heteroatoms. The third-order valence-electron chi connectivity index (χ3n) is 5.07. The maximum Gasteiger partial charge on any atom is 0.0240 e. The van der Waals surface area contributed by atoms with Crippen molar-refractivity contribution in [3.05, 3.63) is 71.8 Å². The molecule has 0 radical (unpaired) electrons. The number of nitrogens with zero attached hydrogens (tertiary/aromatic N) is 2. The van der Waals surface area contributed by atoms with Crippen molar-refractivity contribution < 1.29 is 0 Å². The van der Waals surface area contributed by atoms with Crippen LogP contribution in [0, 0.1) is 0 Å². The van der Waals surface area contributed by atoms with Crippen LogP contribution in [0.2, 0.25) is 0 Å². The lowest BCUT2D eigenvalue weighted by Crippen LogP contribution is -2.33. The SMILES string of the molecule is CCN(CC)CCC[C@H](C)N(Cc1ccccc1)Cc1ccccc1. The van der Waals surface area contributed by atoms with Gasteiger partial charge in [-0.15, -0.1) is 0 Å². The topological polar surface area (TPSA) is 6.48 Å². The van der Waals surface area contributed by atoms with E-state index in [0.717, 1.165) is 26.2 Å². The van der Waals surface area contributed by atoms with Gasteiger partial charge in [0.1, 0.15) is 0 Å². The summed E-state index contributed by atoms with van der Waals surface area (Å²) in [4.78, 5) is 5.14. The zero-order valence-electron chi connectivity index (χ0n) is 16.2. The van der Waals surface area contributed by atoms with Gasteiger partial charge in [-0.05, 0) is 50.5 Å². The van der Waals surface area contributed by atoms with Gasteiger partial charge in [0.2, 0.25) is 0 Å². The van der Waals surface area contributed by atoms with Gasteiger partial charge in [0.15, 0.2) is 0 Å². The summed E-state index contributed by atoms with van der Waals surface area (Å²) in [6.07, 6.45) is 2.51. The molecule has 0 aliphatic carbocycles. The van der Waals surface area contributed by atoms with Gasteiger partial charge in [0.25, 0.3) is 0 Å². The lowest BCUT2D eigenvalue weighted by molar-refractivity contribution is 0.172. The van der Waals surface area contributed by atoms with Crippen LogP contribution in [-0.2, 0) is 13.1 Å². The van der Waals surface area contributed by atoms with E-state index in [9.17, 15) is 0 Å². The minimum absolute atomic E-state index is 0.580. The molecule has 0 heterocycles. The Morgan fingerprint density at radius 3 is 1.68 bits per heavy atom. The summed E-state index contributed by atoms with van der Waals surface area (Å²) in [5, 5.41) is 0. The van der Waals surface area contributed by atoms with Gasteiger partial charge in [0.05, 0.1) is 0 Å². The van der Waals surface area contributed by atoms with Gasteiger partial charge in [-0.25, -0.2) is 0 Å². The first-order chi connectivity index (χ1) is 12.2. The lowest BCUT2D eigenvalue weighted by Gasteiger charge is -2.30. The minimum atomic E-state index is 0.580. The monoisotopic (exact) mass is 338 g/mol. The van der Waals surface area contributed by atoms with Crippen LogP contribution in [0.25, 0.3) is 0 Å². The molecule has 0 saturated carbocycles. The van der Waals surface area contributed by atoms with E-state index >= 15 is 0 Å². The minimum Gasteiger partial charge on any atom is -0.304 e. The summed E-state index contributed by atoms with van der Waals surface area (Å²) in [6.45, 7) is 12.4. The molecule has 2 aromatic carbocycles. The zero-order valence-corrected chi connectivity index (χ0v) is 16.2. The fraction of sp³-hybridized carbons (Fsp3) is 0.478. The maximum atomic E-state index is 2.62. The van der Waals surface area contributed by atoms with Crippen molar-refractivity contribution in [1.29, 1.82) is 0 Å². The molecule has 0 aromatic heterocycles. The Labute approximate surface area is 154 Å². The van der Waals surface area contributed by atoms with Gasteiger partial charge in [-0.2, -0.15) is 0 Å². The van der Waals surface area contributed by atoms with E-state index in [-0.39, 0.29) is 0 Å². The molecule has 2 nitrogen and oxygen atoms in total. The number of benzene rings is 2. The van der Waals surface area contributed by atoms with E-state index in [0.29, 0.717) is 6.04 Å². The third kappa shape index (κ3) is 7.01. The van der Waals surface area contributed by atoms with Crippen molar-refractivity contribution in [3.63, 3.8) is 0 Å². The Bertz CT molecular complexity index is 522. The molecule has 0 N–H and O–H groups in total. The Morgan fingerprint density at radius 1 is 0.760 bits per heavy atom. The fourth-order valence-electron chi connectivity index (χ4n) is 3.34. The Kier molecular flexibility index (Phi) is 8.71. The maximum absolute atomic E-state index is 2.62. The largest absolute Gasteiger partial charge is 0.304 e. The first kappa shape index (κ1) is 19.7. The Morgan fingerprint density at radius 2 is 1.24 bits per heavy atom. The lowest BCUT2D eigenvalue weighted by atomic mass is 10.1. The summed E-state index contributed by atoms with van der Waals surface area (Å²) >= 11 is 0. The average molecular weight is 339 g/mol. The van der Waals surface area contributed by atoms with Crippen molar-refractivity contribution in [2.45, 2.75) is 52.7 Å².